The molecule has 0 radical (unpaired) electrons. The number of guanidine groups is 1. The molecule has 0 bridgehead atoms. The van der Waals surface area contributed by atoms with Crippen molar-refractivity contribution in [3.8, 4) is 0 Å². The Balaban J connectivity index is 0.00000264. The van der Waals surface area contributed by atoms with Crippen molar-refractivity contribution in [1.29, 1.82) is 0 Å². The molecule has 2 aromatic rings. The zero-order chi connectivity index (χ0) is 15.8. The predicted octanol–water partition coefficient (Wildman–Crippen LogP) is 2.48. The van der Waals surface area contributed by atoms with E-state index in [2.05, 4.69) is 20.7 Å². The molecule has 126 valence electrons. The highest BCUT2D eigenvalue weighted by Crippen LogP contribution is 2.06. The molecular weight excluding hydrogens is 408 g/mol. The summed E-state index contributed by atoms with van der Waals surface area (Å²) in [6.07, 6.45) is 2.37. The molecule has 0 atom stereocenters. The van der Waals surface area contributed by atoms with E-state index in [1.807, 2.05) is 26.1 Å². The van der Waals surface area contributed by atoms with Gasteiger partial charge in [-0.3, -0.25) is 4.68 Å². The summed E-state index contributed by atoms with van der Waals surface area (Å²) in [5.74, 6) is 0.557. The second-order valence-electron chi connectivity index (χ2n) is 4.91. The first-order valence-corrected chi connectivity index (χ1v) is 7.43. The second-order valence-corrected chi connectivity index (χ2v) is 4.91. The van der Waals surface area contributed by atoms with E-state index in [1.165, 1.54) is 6.07 Å². The molecule has 1 aromatic heterocycles. The van der Waals surface area contributed by atoms with E-state index in [1.54, 1.807) is 23.0 Å². The maximum Gasteiger partial charge on any atom is 0.191 e. The molecule has 0 saturated heterocycles. The predicted molar refractivity (Wildman–Crippen MR) is 102 cm³/mol. The van der Waals surface area contributed by atoms with Crippen LogP contribution in [0.3, 0.4) is 0 Å². The van der Waals surface area contributed by atoms with Crippen molar-refractivity contribution < 1.29 is 4.39 Å². The van der Waals surface area contributed by atoms with Gasteiger partial charge in [0.05, 0.1) is 12.2 Å². The Hall–Kier alpha value is -1.64. The average molecular weight is 431 g/mol. The zero-order valence-electron chi connectivity index (χ0n) is 13.4. The summed E-state index contributed by atoms with van der Waals surface area (Å²) in [5, 5.41) is 10.5. The Morgan fingerprint density at radius 2 is 2.04 bits per heavy atom. The quantitative estimate of drug-likeness (QED) is 0.420. The first kappa shape index (κ1) is 19.4. The lowest BCUT2D eigenvalue weighted by molar-refractivity contribution is 0.606. The third-order valence-electron chi connectivity index (χ3n) is 3.31. The van der Waals surface area contributed by atoms with E-state index in [0.717, 1.165) is 18.2 Å². The topological polar surface area (TPSA) is 54.2 Å². The first-order valence-electron chi connectivity index (χ1n) is 7.43. The molecule has 0 aliphatic rings. The maximum atomic E-state index is 13.6. The molecule has 0 aliphatic carbocycles. The van der Waals surface area contributed by atoms with E-state index in [9.17, 15) is 4.39 Å². The van der Waals surface area contributed by atoms with Crippen LogP contribution in [-0.2, 0) is 20.0 Å². The van der Waals surface area contributed by atoms with Crippen LogP contribution >= 0.6 is 24.0 Å². The number of nitrogens with zero attached hydrogens (tertiary/aromatic N) is 3. The van der Waals surface area contributed by atoms with Gasteiger partial charge < -0.3 is 10.6 Å². The second kappa shape index (κ2) is 10.2. The molecule has 7 heteroatoms. The summed E-state index contributed by atoms with van der Waals surface area (Å²) in [5.41, 5.74) is 1.74. The van der Waals surface area contributed by atoms with Gasteiger partial charge in [-0.2, -0.15) is 5.10 Å². The van der Waals surface area contributed by atoms with Crippen LogP contribution in [-0.4, -0.2) is 28.8 Å². The molecule has 0 fully saturated rings. The third kappa shape index (κ3) is 6.17. The minimum Gasteiger partial charge on any atom is -0.357 e. The third-order valence-corrected chi connectivity index (χ3v) is 3.31. The fraction of sp³-hybridized carbons (Fsp3) is 0.375. The van der Waals surface area contributed by atoms with Crippen LogP contribution < -0.4 is 10.6 Å². The molecular formula is C16H23FIN5. The van der Waals surface area contributed by atoms with Gasteiger partial charge in [0.1, 0.15) is 5.82 Å². The Bertz CT molecular complexity index is 626. The molecule has 2 rings (SSSR count). The van der Waals surface area contributed by atoms with Crippen molar-refractivity contribution in [2.45, 2.75) is 19.9 Å². The molecule has 23 heavy (non-hydrogen) atoms. The fourth-order valence-corrected chi connectivity index (χ4v) is 2.07. The minimum atomic E-state index is -0.166. The van der Waals surface area contributed by atoms with Crippen molar-refractivity contribution in [1.82, 2.24) is 20.4 Å². The summed E-state index contributed by atoms with van der Waals surface area (Å²) in [4.78, 5) is 4.51. The van der Waals surface area contributed by atoms with Crippen molar-refractivity contribution in [3.05, 3.63) is 53.6 Å². The molecule has 1 heterocycles. The highest BCUT2D eigenvalue weighted by molar-refractivity contribution is 14.0. The van der Waals surface area contributed by atoms with E-state index < -0.39 is 0 Å². The minimum absolute atomic E-state index is 0. The van der Waals surface area contributed by atoms with Gasteiger partial charge in [-0.25, -0.2) is 9.38 Å². The number of hydrogen-bond donors (Lipinski definition) is 2. The molecule has 0 saturated carbocycles. The number of hydrogen-bond acceptors (Lipinski definition) is 2. The first-order chi connectivity index (χ1) is 10.7. The van der Waals surface area contributed by atoms with Gasteiger partial charge >= 0.3 is 0 Å². The number of rotatable bonds is 6. The monoisotopic (exact) mass is 431 g/mol. The SMILES string of the molecule is CCNC(=NCc1ccnn1C)NCCc1ccccc1F.I. The van der Waals surface area contributed by atoms with Crippen LogP contribution in [0.1, 0.15) is 18.2 Å². The average Bonchev–Trinajstić information content (AvgIpc) is 2.92. The van der Waals surface area contributed by atoms with Crippen LogP contribution in [0.15, 0.2) is 41.5 Å². The van der Waals surface area contributed by atoms with Gasteiger partial charge in [-0.05, 0) is 31.0 Å². The number of aromatic nitrogens is 2. The normalized spacial score (nSPS) is 11.0. The molecule has 1 aromatic carbocycles. The molecule has 0 aliphatic heterocycles. The summed E-state index contributed by atoms with van der Waals surface area (Å²) in [6, 6.07) is 8.77. The zero-order valence-corrected chi connectivity index (χ0v) is 15.8. The van der Waals surface area contributed by atoms with Crippen molar-refractivity contribution >= 4 is 29.9 Å². The van der Waals surface area contributed by atoms with Crippen LogP contribution in [0.4, 0.5) is 4.39 Å². The van der Waals surface area contributed by atoms with E-state index in [4.69, 9.17) is 0 Å². The van der Waals surface area contributed by atoms with Crippen molar-refractivity contribution in [3.63, 3.8) is 0 Å². The van der Waals surface area contributed by atoms with Gasteiger partial charge in [0.2, 0.25) is 0 Å². The van der Waals surface area contributed by atoms with Gasteiger partial charge in [-0.15, -0.1) is 24.0 Å². The lowest BCUT2D eigenvalue weighted by Gasteiger charge is -2.11. The van der Waals surface area contributed by atoms with Crippen LogP contribution in [0.2, 0.25) is 0 Å². The van der Waals surface area contributed by atoms with E-state index in [0.29, 0.717) is 25.1 Å². The Morgan fingerprint density at radius 3 is 2.70 bits per heavy atom. The fourth-order valence-electron chi connectivity index (χ4n) is 2.07. The lowest BCUT2D eigenvalue weighted by atomic mass is 10.1. The number of halogens is 2. The van der Waals surface area contributed by atoms with Crippen molar-refractivity contribution in [2.24, 2.45) is 12.0 Å². The summed E-state index contributed by atoms with van der Waals surface area (Å²) < 4.78 is 15.4. The van der Waals surface area contributed by atoms with Crippen molar-refractivity contribution in [2.75, 3.05) is 13.1 Å². The molecule has 2 N–H and O–H groups in total. The molecule has 0 amide bonds. The summed E-state index contributed by atoms with van der Waals surface area (Å²) in [7, 11) is 1.89. The number of nitrogens with one attached hydrogen (secondary N) is 2. The smallest absolute Gasteiger partial charge is 0.191 e. The largest absolute Gasteiger partial charge is 0.357 e. The standard InChI is InChI=1S/C16H22FN5.HI/c1-3-18-16(20-12-14-9-11-21-22(14)2)19-10-8-13-6-4-5-7-15(13)17;/h4-7,9,11H,3,8,10,12H2,1-2H3,(H2,18,19,20);1H. The number of aryl methyl sites for hydroxylation is 1. The van der Waals surface area contributed by atoms with Crippen LogP contribution in [0.25, 0.3) is 0 Å². The maximum absolute atomic E-state index is 13.6. The number of aliphatic imine (C=N–C) groups is 1. The highest BCUT2D eigenvalue weighted by Gasteiger charge is 2.02. The lowest BCUT2D eigenvalue weighted by Crippen LogP contribution is -2.38. The van der Waals surface area contributed by atoms with Gasteiger partial charge in [-0.1, -0.05) is 18.2 Å². The van der Waals surface area contributed by atoms with Crippen LogP contribution in [0.5, 0.6) is 0 Å². The Morgan fingerprint density at radius 1 is 1.26 bits per heavy atom. The van der Waals surface area contributed by atoms with Gasteiger partial charge in [0.15, 0.2) is 5.96 Å². The van der Waals surface area contributed by atoms with E-state index >= 15 is 0 Å². The summed E-state index contributed by atoms with van der Waals surface area (Å²) >= 11 is 0. The summed E-state index contributed by atoms with van der Waals surface area (Å²) in [6.45, 7) is 3.96. The highest BCUT2D eigenvalue weighted by atomic mass is 127. The Kier molecular flexibility index (Phi) is 8.60. The van der Waals surface area contributed by atoms with Gasteiger partial charge in [0, 0.05) is 26.3 Å². The van der Waals surface area contributed by atoms with E-state index in [-0.39, 0.29) is 29.8 Å². The Labute approximate surface area is 153 Å². The molecule has 0 spiro atoms. The number of benzene rings is 1. The van der Waals surface area contributed by atoms with Gasteiger partial charge in [0.25, 0.3) is 0 Å². The molecule has 0 unspecified atom stereocenters. The molecule has 5 nitrogen and oxygen atoms in total. The van der Waals surface area contributed by atoms with Crippen LogP contribution in [0, 0.1) is 5.82 Å².